The minimum atomic E-state index is -0.637. The van der Waals surface area contributed by atoms with Crippen molar-refractivity contribution in [1.29, 1.82) is 0 Å². The molecule has 8 nitrogen and oxygen atoms in total. The molecule has 1 aromatic carbocycles. The first-order valence-electron chi connectivity index (χ1n) is 6.66. The fourth-order valence-corrected chi connectivity index (χ4v) is 2.24. The van der Waals surface area contributed by atoms with Crippen molar-refractivity contribution in [2.24, 2.45) is 5.73 Å². The summed E-state index contributed by atoms with van der Waals surface area (Å²) in [6.07, 6.45) is -0.637. The van der Waals surface area contributed by atoms with Crippen LogP contribution in [0.4, 0.5) is 5.95 Å². The van der Waals surface area contributed by atoms with E-state index < -0.39 is 12.0 Å². The average Bonchev–Trinajstić information content (AvgIpc) is 2.97. The van der Waals surface area contributed by atoms with Crippen LogP contribution in [0.3, 0.4) is 0 Å². The standard InChI is InChI=1S/C13H16N6O2/c1-9-2-4-10(5-3-9)19-13(15-16-17-19)18-6-7-21-11(8-18)12(14)20/h2-5,11H,6-8H2,1H3,(H2,14,20). The monoisotopic (exact) mass is 288 g/mol. The van der Waals surface area contributed by atoms with E-state index in [4.69, 9.17) is 10.5 Å². The molecule has 3 rings (SSSR count). The van der Waals surface area contributed by atoms with E-state index in [1.165, 1.54) is 0 Å². The number of nitrogens with zero attached hydrogens (tertiary/aromatic N) is 5. The molecule has 0 saturated carbocycles. The van der Waals surface area contributed by atoms with Gasteiger partial charge in [0.2, 0.25) is 5.91 Å². The lowest BCUT2D eigenvalue weighted by atomic mass is 10.2. The van der Waals surface area contributed by atoms with E-state index in [9.17, 15) is 4.79 Å². The Morgan fingerprint density at radius 1 is 1.38 bits per heavy atom. The molecular formula is C13H16N6O2. The first kappa shape index (κ1) is 13.5. The third-order valence-electron chi connectivity index (χ3n) is 3.40. The van der Waals surface area contributed by atoms with Gasteiger partial charge in [0.1, 0.15) is 0 Å². The molecule has 1 unspecified atom stereocenters. The molecule has 8 heteroatoms. The fourth-order valence-electron chi connectivity index (χ4n) is 2.24. The van der Waals surface area contributed by atoms with Crippen molar-refractivity contribution in [1.82, 2.24) is 20.2 Å². The summed E-state index contributed by atoms with van der Waals surface area (Å²) in [5.74, 6) is 0.0995. The summed E-state index contributed by atoms with van der Waals surface area (Å²) in [5.41, 5.74) is 7.32. The summed E-state index contributed by atoms with van der Waals surface area (Å²) in [6, 6.07) is 7.88. The minimum Gasteiger partial charge on any atom is -0.367 e. The largest absolute Gasteiger partial charge is 0.367 e. The van der Waals surface area contributed by atoms with Gasteiger partial charge in [0.15, 0.2) is 6.10 Å². The van der Waals surface area contributed by atoms with Crippen LogP contribution in [0.5, 0.6) is 0 Å². The zero-order valence-corrected chi connectivity index (χ0v) is 11.6. The molecule has 1 aliphatic rings. The lowest BCUT2D eigenvalue weighted by molar-refractivity contribution is -0.130. The number of morpholine rings is 1. The zero-order valence-electron chi connectivity index (χ0n) is 11.6. The van der Waals surface area contributed by atoms with E-state index >= 15 is 0 Å². The number of carbonyl (C=O) groups is 1. The molecule has 2 aromatic rings. The smallest absolute Gasteiger partial charge is 0.250 e. The summed E-state index contributed by atoms with van der Waals surface area (Å²) >= 11 is 0. The van der Waals surface area contributed by atoms with Crippen LogP contribution >= 0.6 is 0 Å². The second kappa shape index (κ2) is 5.49. The zero-order chi connectivity index (χ0) is 14.8. The van der Waals surface area contributed by atoms with Crippen molar-refractivity contribution in [2.75, 3.05) is 24.6 Å². The lowest BCUT2D eigenvalue weighted by Crippen LogP contribution is -2.49. The van der Waals surface area contributed by atoms with Crippen LogP contribution in [0.2, 0.25) is 0 Å². The number of amides is 1. The molecule has 0 bridgehead atoms. The van der Waals surface area contributed by atoms with Crippen molar-refractivity contribution in [3.8, 4) is 5.69 Å². The van der Waals surface area contributed by atoms with Gasteiger partial charge in [-0.3, -0.25) is 4.79 Å². The molecule has 1 aliphatic heterocycles. The number of tetrazole rings is 1. The predicted octanol–water partition coefficient (Wildman–Crippen LogP) is -0.339. The van der Waals surface area contributed by atoms with Crippen LogP contribution in [0, 0.1) is 6.92 Å². The third-order valence-corrected chi connectivity index (χ3v) is 3.40. The molecule has 110 valence electrons. The van der Waals surface area contributed by atoms with Crippen LogP contribution in [0.25, 0.3) is 5.69 Å². The Morgan fingerprint density at radius 3 is 2.86 bits per heavy atom. The molecule has 0 aliphatic carbocycles. The molecule has 0 radical (unpaired) electrons. The normalized spacial score (nSPS) is 18.7. The summed E-state index contributed by atoms with van der Waals surface area (Å²) in [5, 5.41) is 11.8. The molecule has 1 atom stereocenters. The van der Waals surface area contributed by atoms with Crippen molar-refractivity contribution >= 4 is 11.9 Å². The summed E-state index contributed by atoms with van der Waals surface area (Å²) in [7, 11) is 0. The van der Waals surface area contributed by atoms with Crippen molar-refractivity contribution < 1.29 is 9.53 Å². The Balaban J connectivity index is 1.88. The number of aromatic nitrogens is 4. The van der Waals surface area contributed by atoms with Gasteiger partial charge in [-0.2, -0.15) is 4.68 Å². The topological polar surface area (TPSA) is 99.2 Å². The third kappa shape index (κ3) is 2.70. The first-order chi connectivity index (χ1) is 10.1. The molecule has 0 spiro atoms. The highest BCUT2D eigenvalue weighted by atomic mass is 16.5. The van der Waals surface area contributed by atoms with Gasteiger partial charge < -0.3 is 15.4 Å². The molecule has 1 saturated heterocycles. The number of hydrogen-bond donors (Lipinski definition) is 1. The summed E-state index contributed by atoms with van der Waals surface area (Å²) in [6.45, 7) is 3.38. The Kier molecular flexibility index (Phi) is 3.53. The van der Waals surface area contributed by atoms with Crippen LogP contribution in [0.15, 0.2) is 24.3 Å². The summed E-state index contributed by atoms with van der Waals surface area (Å²) in [4.78, 5) is 13.2. The highest BCUT2D eigenvalue weighted by molar-refractivity contribution is 5.79. The first-order valence-corrected chi connectivity index (χ1v) is 6.66. The number of carbonyl (C=O) groups excluding carboxylic acids is 1. The molecule has 2 N–H and O–H groups in total. The SMILES string of the molecule is Cc1ccc(-n2nnnc2N2CCOC(C(N)=O)C2)cc1. The van der Waals surface area contributed by atoms with Crippen LogP contribution < -0.4 is 10.6 Å². The summed E-state index contributed by atoms with van der Waals surface area (Å²) < 4.78 is 6.98. The number of aryl methyl sites for hydroxylation is 1. The number of ether oxygens (including phenoxy) is 1. The average molecular weight is 288 g/mol. The van der Waals surface area contributed by atoms with E-state index in [-0.39, 0.29) is 0 Å². The van der Waals surface area contributed by atoms with Crippen LogP contribution in [-0.2, 0) is 9.53 Å². The molecule has 2 heterocycles. The molecule has 1 amide bonds. The second-order valence-electron chi connectivity index (χ2n) is 4.93. The van der Waals surface area contributed by atoms with Gasteiger partial charge in [0.25, 0.3) is 5.95 Å². The maximum Gasteiger partial charge on any atom is 0.250 e. The Morgan fingerprint density at radius 2 is 2.14 bits per heavy atom. The minimum absolute atomic E-state index is 0.349. The fraction of sp³-hybridized carbons (Fsp3) is 0.385. The van der Waals surface area contributed by atoms with Crippen molar-refractivity contribution in [3.05, 3.63) is 29.8 Å². The second-order valence-corrected chi connectivity index (χ2v) is 4.93. The number of primary amides is 1. The predicted molar refractivity (Wildman–Crippen MR) is 75.0 cm³/mol. The number of rotatable bonds is 3. The lowest BCUT2D eigenvalue weighted by Gasteiger charge is -2.31. The number of benzene rings is 1. The quantitative estimate of drug-likeness (QED) is 0.829. The molecular weight excluding hydrogens is 272 g/mol. The van der Waals surface area contributed by atoms with E-state index in [0.29, 0.717) is 25.6 Å². The van der Waals surface area contributed by atoms with E-state index in [1.54, 1.807) is 4.68 Å². The van der Waals surface area contributed by atoms with E-state index in [2.05, 4.69) is 15.5 Å². The highest BCUT2D eigenvalue weighted by Crippen LogP contribution is 2.18. The van der Waals surface area contributed by atoms with Gasteiger partial charge >= 0.3 is 0 Å². The van der Waals surface area contributed by atoms with Gasteiger partial charge in [0, 0.05) is 6.54 Å². The van der Waals surface area contributed by atoms with Gasteiger partial charge in [-0.1, -0.05) is 22.8 Å². The van der Waals surface area contributed by atoms with Crippen molar-refractivity contribution in [2.45, 2.75) is 13.0 Å². The molecule has 21 heavy (non-hydrogen) atoms. The number of nitrogens with two attached hydrogens (primary N) is 1. The van der Waals surface area contributed by atoms with E-state index in [0.717, 1.165) is 11.3 Å². The molecule has 1 aromatic heterocycles. The Bertz CT molecular complexity index is 638. The van der Waals surface area contributed by atoms with Gasteiger partial charge in [-0.25, -0.2) is 0 Å². The Hall–Kier alpha value is -2.48. The van der Waals surface area contributed by atoms with Gasteiger partial charge in [-0.05, 0) is 29.5 Å². The highest BCUT2D eigenvalue weighted by Gasteiger charge is 2.28. The van der Waals surface area contributed by atoms with Crippen LogP contribution in [-0.4, -0.2) is 51.9 Å². The van der Waals surface area contributed by atoms with Crippen molar-refractivity contribution in [3.63, 3.8) is 0 Å². The maximum atomic E-state index is 11.3. The number of hydrogen-bond acceptors (Lipinski definition) is 6. The van der Waals surface area contributed by atoms with Crippen LogP contribution in [0.1, 0.15) is 5.56 Å². The van der Waals surface area contributed by atoms with E-state index in [1.807, 2.05) is 36.1 Å². The number of anilines is 1. The van der Waals surface area contributed by atoms with Gasteiger partial charge in [0.05, 0.1) is 18.8 Å². The Labute approximate surface area is 121 Å². The van der Waals surface area contributed by atoms with Gasteiger partial charge in [-0.15, -0.1) is 0 Å². The molecule has 1 fully saturated rings. The maximum absolute atomic E-state index is 11.3.